The molecule has 0 aliphatic rings. The lowest BCUT2D eigenvalue weighted by Gasteiger charge is -2.23. The van der Waals surface area contributed by atoms with Gasteiger partial charge in [-0.1, -0.05) is 0 Å². The maximum atomic E-state index is 12.1. The number of aromatic nitrogens is 4. The molecule has 0 saturated carbocycles. The van der Waals surface area contributed by atoms with Crippen molar-refractivity contribution in [2.75, 3.05) is 12.3 Å². The standard InChI is InChI=1S/C11H17N6O7P/c1-5(24-25(21,22)23)6(3-18)14-7(19)2-17-4-13-8-9(17)15-11(12)16-10(8)20/h4-6,18H,2-3H2,1H3,(H,14,19)(H2,21,22,23)(H3,12,15,16,20)/t5-,6-/m1/s1. The first-order valence-electron chi connectivity index (χ1n) is 6.95. The van der Waals surface area contributed by atoms with Gasteiger partial charge in [0.2, 0.25) is 11.9 Å². The Morgan fingerprint density at radius 3 is 2.84 bits per heavy atom. The Bertz CT molecular complexity index is 873. The predicted octanol–water partition coefficient (Wildman–Crippen LogP) is -2.32. The molecular weight excluding hydrogens is 359 g/mol. The number of nitrogens with zero attached hydrogens (tertiary/aromatic N) is 3. The molecule has 2 heterocycles. The molecule has 0 bridgehead atoms. The van der Waals surface area contributed by atoms with E-state index in [0.29, 0.717) is 0 Å². The van der Waals surface area contributed by atoms with Gasteiger partial charge in [0.05, 0.1) is 25.1 Å². The summed E-state index contributed by atoms with van der Waals surface area (Å²) in [4.78, 5) is 51.3. The molecular formula is C11H17N6O7P. The number of rotatable bonds is 7. The monoisotopic (exact) mass is 376 g/mol. The number of aromatic amines is 1. The van der Waals surface area contributed by atoms with Gasteiger partial charge in [-0.2, -0.15) is 4.98 Å². The molecule has 0 spiro atoms. The quantitative estimate of drug-likeness (QED) is 0.284. The largest absolute Gasteiger partial charge is 0.469 e. The zero-order valence-corrected chi connectivity index (χ0v) is 13.9. The first kappa shape index (κ1) is 19.0. The molecule has 138 valence electrons. The predicted molar refractivity (Wildman–Crippen MR) is 84.2 cm³/mol. The molecule has 14 heteroatoms. The third-order valence-corrected chi connectivity index (χ3v) is 3.83. The van der Waals surface area contributed by atoms with E-state index in [2.05, 4.69) is 24.8 Å². The summed E-state index contributed by atoms with van der Waals surface area (Å²) in [5.74, 6) is -0.767. The van der Waals surface area contributed by atoms with Gasteiger partial charge in [0.15, 0.2) is 11.2 Å². The van der Waals surface area contributed by atoms with Crippen LogP contribution in [0.1, 0.15) is 6.92 Å². The Morgan fingerprint density at radius 1 is 1.56 bits per heavy atom. The van der Waals surface area contributed by atoms with E-state index in [4.69, 9.17) is 15.5 Å². The molecule has 13 nitrogen and oxygen atoms in total. The summed E-state index contributed by atoms with van der Waals surface area (Å²) < 4.78 is 16.5. The Hall–Kier alpha value is -2.31. The second-order valence-corrected chi connectivity index (χ2v) is 6.35. The van der Waals surface area contributed by atoms with Gasteiger partial charge in [0.25, 0.3) is 5.56 Å². The van der Waals surface area contributed by atoms with Crippen molar-refractivity contribution in [2.24, 2.45) is 0 Å². The number of hydrogen-bond donors (Lipinski definition) is 6. The van der Waals surface area contributed by atoms with Crippen molar-refractivity contribution < 1.29 is 28.8 Å². The Labute approximate surface area is 140 Å². The summed E-state index contributed by atoms with van der Waals surface area (Å²) in [5, 5.41) is 11.6. The first-order valence-corrected chi connectivity index (χ1v) is 8.48. The molecule has 7 N–H and O–H groups in total. The number of phosphoric acid groups is 1. The van der Waals surface area contributed by atoms with Gasteiger partial charge in [0.1, 0.15) is 6.54 Å². The molecule has 0 aromatic carbocycles. The van der Waals surface area contributed by atoms with Crippen LogP contribution in [0.15, 0.2) is 11.1 Å². The van der Waals surface area contributed by atoms with Crippen LogP contribution in [0.4, 0.5) is 5.95 Å². The maximum absolute atomic E-state index is 12.1. The van der Waals surface area contributed by atoms with E-state index in [9.17, 15) is 19.3 Å². The van der Waals surface area contributed by atoms with Gasteiger partial charge in [0, 0.05) is 0 Å². The average molecular weight is 376 g/mol. The highest BCUT2D eigenvalue weighted by Crippen LogP contribution is 2.38. The van der Waals surface area contributed by atoms with Crippen molar-refractivity contribution in [3.8, 4) is 0 Å². The lowest BCUT2D eigenvalue weighted by molar-refractivity contribution is -0.123. The third kappa shape index (κ3) is 4.84. The number of amides is 1. The smallest absolute Gasteiger partial charge is 0.394 e. The van der Waals surface area contributed by atoms with Gasteiger partial charge < -0.3 is 30.5 Å². The second-order valence-electron chi connectivity index (χ2n) is 5.15. The fraction of sp³-hybridized carbons (Fsp3) is 0.455. The Morgan fingerprint density at radius 2 is 2.24 bits per heavy atom. The number of nitrogens with one attached hydrogen (secondary N) is 2. The third-order valence-electron chi connectivity index (χ3n) is 3.22. The number of phosphoric ester groups is 1. The normalized spacial score (nSPS) is 14.4. The molecule has 25 heavy (non-hydrogen) atoms. The number of nitrogen functional groups attached to an aromatic ring is 1. The topological polar surface area (TPSA) is 206 Å². The minimum Gasteiger partial charge on any atom is -0.394 e. The lowest BCUT2D eigenvalue weighted by Crippen LogP contribution is -2.46. The second kappa shape index (κ2) is 7.29. The van der Waals surface area contributed by atoms with Crippen LogP contribution < -0.4 is 16.6 Å². The van der Waals surface area contributed by atoms with Crippen LogP contribution in [-0.4, -0.2) is 59.1 Å². The van der Waals surface area contributed by atoms with E-state index in [1.54, 1.807) is 0 Å². The summed E-state index contributed by atoms with van der Waals surface area (Å²) >= 11 is 0. The minimum atomic E-state index is -4.77. The fourth-order valence-electron chi connectivity index (χ4n) is 2.10. The van der Waals surface area contributed by atoms with Crippen molar-refractivity contribution in [3.05, 3.63) is 16.7 Å². The number of carbonyl (C=O) groups is 1. The fourth-order valence-corrected chi connectivity index (χ4v) is 2.68. The van der Waals surface area contributed by atoms with Crippen molar-refractivity contribution in [1.82, 2.24) is 24.8 Å². The SMILES string of the molecule is C[C@@H](OP(=O)(O)O)[C@@H](CO)NC(=O)Cn1cnc2c(=O)[nH]c(N)nc21. The molecule has 2 aromatic rings. The summed E-state index contributed by atoms with van der Waals surface area (Å²) in [6.07, 6.45) is 0.0704. The first-order chi connectivity index (χ1) is 11.6. The maximum Gasteiger partial charge on any atom is 0.469 e. The number of aliphatic hydroxyl groups excluding tert-OH is 1. The number of carbonyl (C=O) groups excluding carboxylic acids is 1. The average Bonchev–Trinajstić information content (AvgIpc) is 2.86. The molecule has 0 radical (unpaired) electrons. The molecule has 1 amide bonds. The van der Waals surface area contributed by atoms with E-state index >= 15 is 0 Å². The zero-order chi connectivity index (χ0) is 18.8. The van der Waals surface area contributed by atoms with Gasteiger partial charge in [-0.15, -0.1) is 0 Å². The molecule has 0 saturated heterocycles. The number of fused-ring (bicyclic) bond motifs is 1. The van der Waals surface area contributed by atoms with E-state index in [-0.39, 0.29) is 23.7 Å². The summed E-state index contributed by atoms with van der Waals surface area (Å²) in [6.45, 7) is 0.364. The molecule has 2 aromatic heterocycles. The van der Waals surface area contributed by atoms with Gasteiger partial charge in [-0.25, -0.2) is 9.55 Å². The van der Waals surface area contributed by atoms with Crippen molar-refractivity contribution in [2.45, 2.75) is 25.6 Å². The molecule has 2 atom stereocenters. The minimum absolute atomic E-state index is 0.00101. The number of nitrogens with two attached hydrogens (primary N) is 1. The van der Waals surface area contributed by atoms with Crippen LogP contribution in [0.2, 0.25) is 0 Å². The molecule has 0 unspecified atom stereocenters. The van der Waals surface area contributed by atoms with Crippen molar-refractivity contribution >= 4 is 30.8 Å². The molecule has 2 rings (SSSR count). The van der Waals surface area contributed by atoms with E-state index in [1.807, 2.05) is 0 Å². The Kier molecular flexibility index (Phi) is 5.55. The number of hydrogen-bond acceptors (Lipinski definition) is 8. The van der Waals surface area contributed by atoms with Gasteiger partial charge >= 0.3 is 7.82 Å². The highest BCUT2D eigenvalue weighted by Gasteiger charge is 2.27. The van der Waals surface area contributed by atoms with Crippen molar-refractivity contribution in [1.29, 1.82) is 0 Å². The number of imidazole rings is 1. The number of anilines is 1. The van der Waals surface area contributed by atoms with Crippen LogP contribution in [0.3, 0.4) is 0 Å². The number of H-pyrrole nitrogens is 1. The van der Waals surface area contributed by atoms with Crippen LogP contribution in [0.25, 0.3) is 11.2 Å². The van der Waals surface area contributed by atoms with Crippen molar-refractivity contribution in [3.63, 3.8) is 0 Å². The highest BCUT2D eigenvalue weighted by molar-refractivity contribution is 7.46. The number of aliphatic hydroxyl groups is 1. The van der Waals surface area contributed by atoms with Gasteiger partial charge in [-0.05, 0) is 6.92 Å². The summed E-state index contributed by atoms with van der Waals surface area (Å²) in [6, 6.07) is -1.06. The highest BCUT2D eigenvalue weighted by atomic mass is 31.2. The summed E-state index contributed by atoms with van der Waals surface area (Å²) in [7, 11) is -4.77. The van der Waals surface area contributed by atoms with E-state index in [0.717, 1.165) is 0 Å². The Balaban J connectivity index is 2.11. The van der Waals surface area contributed by atoms with E-state index in [1.165, 1.54) is 17.8 Å². The van der Waals surface area contributed by atoms with Crippen LogP contribution in [0, 0.1) is 0 Å². The van der Waals surface area contributed by atoms with Crippen LogP contribution in [-0.2, 0) is 20.4 Å². The van der Waals surface area contributed by atoms with Gasteiger partial charge in [-0.3, -0.25) is 19.1 Å². The lowest BCUT2D eigenvalue weighted by atomic mass is 10.2. The molecule has 0 aliphatic heterocycles. The zero-order valence-electron chi connectivity index (χ0n) is 13.0. The van der Waals surface area contributed by atoms with E-state index < -0.39 is 38.0 Å². The molecule has 0 aliphatic carbocycles. The molecule has 0 fully saturated rings. The summed E-state index contributed by atoms with van der Waals surface area (Å²) in [5.41, 5.74) is 4.99. The van der Waals surface area contributed by atoms with Crippen LogP contribution in [0.5, 0.6) is 0 Å². The van der Waals surface area contributed by atoms with Crippen LogP contribution >= 0.6 is 7.82 Å².